The highest BCUT2D eigenvalue weighted by Gasteiger charge is 2.14. The van der Waals surface area contributed by atoms with Crippen LogP contribution in [-0.4, -0.2) is 24.9 Å². The minimum absolute atomic E-state index is 0.163. The van der Waals surface area contributed by atoms with Crippen molar-refractivity contribution >= 4 is 29.2 Å². The van der Waals surface area contributed by atoms with E-state index in [0.29, 0.717) is 16.8 Å². The van der Waals surface area contributed by atoms with Crippen molar-refractivity contribution < 1.29 is 14.4 Å². The predicted octanol–water partition coefficient (Wildman–Crippen LogP) is 3.46. The molecule has 4 amide bonds. The van der Waals surface area contributed by atoms with Gasteiger partial charge in [0.2, 0.25) is 0 Å². The number of primary amides is 1. The first kappa shape index (κ1) is 19.6. The fourth-order valence-electron chi connectivity index (χ4n) is 2.83. The summed E-state index contributed by atoms with van der Waals surface area (Å²) < 4.78 is 0. The van der Waals surface area contributed by atoms with E-state index in [9.17, 15) is 14.4 Å². The van der Waals surface area contributed by atoms with Crippen LogP contribution >= 0.6 is 0 Å². The summed E-state index contributed by atoms with van der Waals surface area (Å²) in [5.41, 5.74) is 8.52. The number of nitrogens with two attached hydrogens (primary N) is 1. The molecule has 0 saturated carbocycles. The molecule has 0 aromatic heterocycles. The molecular formula is C22H20N4O3. The molecule has 3 aromatic carbocycles. The van der Waals surface area contributed by atoms with Crippen molar-refractivity contribution in [3.05, 3.63) is 83.9 Å². The number of carbonyl (C=O) groups excluding carboxylic acids is 3. The van der Waals surface area contributed by atoms with Gasteiger partial charge in [-0.2, -0.15) is 0 Å². The molecule has 3 rings (SSSR count). The predicted molar refractivity (Wildman–Crippen MR) is 113 cm³/mol. The van der Waals surface area contributed by atoms with Gasteiger partial charge in [-0.05, 0) is 47.5 Å². The third-order valence-corrected chi connectivity index (χ3v) is 4.25. The molecule has 146 valence electrons. The number of urea groups is 1. The lowest BCUT2D eigenvalue weighted by Crippen LogP contribution is -2.22. The summed E-state index contributed by atoms with van der Waals surface area (Å²) in [4.78, 5) is 36.1. The highest BCUT2D eigenvalue weighted by atomic mass is 16.2. The van der Waals surface area contributed by atoms with Gasteiger partial charge in [-0.1, -0.05) is 36.4 Å². The molecule has 0 radical (unpaired) electrons. The van der Waals surface area contributed by atoms with Crippen LogP contribution in [-0.2, 0) is 0 Å². The second-order valence-electron chi connectivity index (χ2n) is 6.23. The summed E-state index contributed by atoms with van der Waals surface area (Å²) >= 11 is 0. The number of carbonyl (C=O) groups is 3. The third-order valence-electron chi connectivity index (χ3n) is 4.25. The normalized spacial score (nSPS) is 10.1. The molecule has 7 heteroatoms. The summed E-state index contributed by atoms with van der Waals surface area (Å²) in [6, 6.07) is 20.4. The van der Waals surface area contributed by atoms with Gasteiger partial charge in [0.25, 0.3) is 11.8 Å². The van der Waals surface area contributed by atoms with Crippen molar-refractivity contribution in [3.63, 3.8) is 0 Å². The van der Waals surface area contributed by atoms with Gasteiger partial charge in [0.15, 0.2) is 0 Å². The maximum Gasteiger partial charge on any atom is 0.323 e. The number of amides is 4. The van der Waals surface area contributed by atoms with E-state index >= 15 is 0 Å². The van der Waals surface area contributed by atoms with Gasteiger partial charge in [-0.3, -0.25) is 9.59 Å². The van der Waals surface area contributed by atoms with Gasteiger partial charge >= 0.3 is 6.03 Å². The molecule has 0 aliphatic carbocycles. The second-order valence-corrected chi connectivity index (χ2v) is 6.23. The number of nitrogens with one attached hydrogen (secondary N) is 3. The fraction of sp³-hybridized carbons (Fsp3) is 0.0455. The van der Waals surface area contributed by atoms with Crippen molar-refractivity contribution in [1.29, 1.82) is 0 Å². The third kappa shape index (κ3) is 4.78. The Morgan fingerprint density at radius 2 is 1.52 bits per heavy atom. The fourth-order valence-corrected chi connectivity index (χ4v) is 2.83. The number of anilines is 2. The van der Waals surface area contributed by atoms with Crippen molar-refractivity contribution in [2.45, 2.75) is 0 Å². The van der Waals surface area contributed by atoms with Crippen LogP contribution in [0.3, 0.4) is 0 Å². The van der Waals surface area contributed by atoms with Crippen LogP contribution in [0.15, 0.2) is 72.8 Å². The lowest BCUT2D eigenvalue weighted by molar-refractivity contribution is 0.0961. The monoisotopic (exact) mass is 388 g/mol. The summed E-state index contributed by atoms with van der Waals surface area (Å²) in [5.74, 6) is -0.887. The highest BCUT2D eigenvalue weighted by Crippen LogP contribution is 2.26. The first-order chi connectivity index (χ1) is 14.0. The Morgan fingerprint density at radius 1 is 0.793 bits per heavy atom. The average Bonchev–Trinajstić information content (AvgIpc) is 2.74. The van der Waals surface area contributed by atoms with Crippen LogP contribution in [0.1, 0.15) is 20.7 Å². The SMILES string of the molecule is CNC(=O)c1cccc(-c2ccc(NC(=O)Nc3ccccc3)c(C(N)=O)c2)c1. The average molecular weight is 388 g/mol. The maximum atomic E-state index is 12.2. The molecule has 0 heterocycles. The molecule has 0 atom stereocenters. The van der Waals surface area contributed by atoms with Crippen LogP contribution in [0.25, 0.3) is 11.1 Å². The van der Waals surface area contributed by atoms with E-state index in [2.05, 4.69) is 16.0 Å². The molecule has 0 fully saturated rings. The van der Waals surface area contributed by atoms with Crippen molar-refractivity contribution in [2.24, 2.45) is 5.73 Å². The second kappa shape index (κ2) is 8.71. The molecule has 7 nitrogen and oxygen atoms in total. The van der Waals surface area contributed by atoms with Crippen molar-refractivity contribution in [1.82, 2.24) is 5.32 Å². The Kier molecular flexibility index (Phi) is 5.89. The van der Waals surface area contributed by atoms with Crippen LogP contribution in [0, 0.1) is 0 Å². The zero-order valence-electron chi connectivity index (χ0n) is 15.7. The van der Waals surface area contributed by atoms with Crippen LogP contribution in [0.5, 0.6) is 0 Å². The Hall–Kier alpha value is -4.13. The number of benzene rings is 3. The van der Waals surface area contributed by atoms with E-state index in [1.54, 1.807) is 67.7 Å². The molecule has 0 saturated heterocycles. The van der Waals surface area contributed by atoms with Gasteiger partial charge < -0.3 is 21.7 Å². The minimum Gasteiger partial charge on any atom is -0.366 e. The Morgan fingerprint density at radius 3 is 2.21 bits per heavy atom. The largest absolute Gasteiger partial charge is 0.366 e. The van der Waals surface area contributed by atoms with Crippen molar-refractivity contribution in [3.8, 4) is 11.1 Å². The standard InChI is InChI=1S/C22H20N4O3/c1-24-21(28)16-7-5-6-14(12-16)15-10-11-19(18(13-15)20(23)27)26-22(29)25-17-8-3-2-4-9-17/h2-13H,1H3,(H2,23,27)(H,24,28)(H2,25,26,29). The summed E-state index contributed by atoms with van der Waals surface area (Å²) in [5, 5.41) is 7.90. The number of rotatable bonds is 5. The van der Waals surface area contributed by atoms with Gasteiger partial charge in [0.05, 0.1) is 11.3 Å². The smallest absolute Gasteiger partial charge is 0.323 e. The number of para-hydroxylation sites is 1. The molecule has 29 heavy (non-hydrogen) atoms. The lowest BCUT2D eigenvalue weighted by atomic mass is 9.99. The van der Waals surface area contributed by atoms with Gasteiger partial charge in [0, 0.05) is 18.3 Å². The molecule has 0 spiro atoms. The molecule has 0 aliphatic rings. The molecule has 0 aliphatic heterocycles. The summed E-state index contributed by atoms with van der Waals surface area (Å²) in [6.45, 7) is 0. The lowest BCUT2D eigenvalue weighted by Gasteiger charge is -2.12. The first-order valence-corrected chi connectivity index (χ1v) is 8.87. The number of hydrogen-bond donors (Lipinski definition) is 4. The van der Waals surface area contributed by atoms with E-state index in [0.717, 1.165) is 5.56 Å². The van der Waals surface area contributed by atoms with E-state index < -0.39 is 11.9 Å². The Bertz CT molecular complexity index is 1060. The molecule has 0 bridgehead atoms. The minimum atomic E-state index is -0.677. The van der Waals surface area contributed by atoms with Crippen LogP contribution in [0.4, 0.5) is 16.2 Å². The van der Waals surface area contributed by atoms with E-state index in [1.165, 1.54) is 0 Å². The topological polar surface area (TPSA) is 113 Å². The van der Waals surface area contributed by atoms with E-state index in [1.807, 2.05) is 12.1 Å². The van der Waals surface area contributed by atoms with Crippen LogP contribution < -0.4 is 21.7 Å². The van der Waals surface area contributed by atoms with Crippen LogP contribution in [0.2, 0.25) is 0 Å². The molecule has 0 unspecified atom stereocenters. The number of hydrogen-bond acceptors (Lipinski definition) is 3. The zero-order chi connectivity index (χ0) is 20.8. The van der Waals surface area contributed by atoms with Gasteiger partial charge in [-0.15, -0.1) is 0 Å². The Labute approximate surface area is 167 Å². The molecule has 5 N–H and O–H groups in total. The summed E-state index contributed by atoms with van der Waals surface area (Å²) in [7, 11) is 1.56. The summed E-state index contributed by atoms with van der Waals surface area (Å²) in [6.07, 6.45) is 0. The quantitative estimate of drug-likeness (QED) is 0.537. The molecular weight excluding hydrogens is 368 g/mol. The maximum absolute atomic E-state index is 12.2. The van der Waals surface area contributed by atoms with E-state index in [4.69, 9.17) is 5.73 Å². The first-order valence-electron chi connectivity index (χ1n) is 8.87. The van der Waals surface area contributed by atoms with E-state index in [-0.39, 0.29) is 17.2 Å². The van der Waals surface area contributed by atoms with Gasteiger partial charge in [0.1, 0.15) is 0 Å². The highest BCUT2D eigenvalue weighted by molar-refractivity contribution is 6.07. The van der Waals surface area contributed by atoms with Crippen molar-refractivity contribution in [2.75, 3.05) is 17.7 Å². The zero-order valence-corrected chi connectivity index (χ0v) is 15.7. The molecule has 3 aromatic rings. The van der Waals surface area contributed by atoms with Gasteiger partial charge in [-0.25, -0.2) is 4.79 Å². The Balaban J connectivity index is 1.87.